The maximum atomic E-state index is 12.0. The quantitative estimate of drug-likeness (QED) is 0.613. The molecule has 0 fully saturated rings. The van der Waals surface area contributed by atoms with Gasteiger partial charge in [0.25, 0.3) is 0 Å². The number of rotatable bonds is 7. The molecule has 7 nitrogen and oxygen atoms in total. The topological polar surface area (TPSA) is 82.6 Å². The Morgan fingerprint density at radius 3 is 2.22 bits per heavy atom. The second kappa shape index (κ2) is 8.23. The summed E-state index contributed by atoms with van der Waals surface area (Å²) in [6.07, 6.45) is 3.26. The fraction of sp³-hybridized carbons (Fsp3) is 0.267. The number of hydrogen-bond donors (Lipinski definition) is 1. The van der Waals surface area contributed by atoms with Gasteiger partial charge in [0.05, 0.1) is 27.1 Å². The number of carbonyl (C=O) groups is 1. The maximum absolute atomic E-state index is 12.0. The van der Waals surface area contributed by atoms with Gasteiger partial charge in [-0.3, -0.25) is 4.79 Å². The van der Waals surface area contributed by atoms with E-state index in [1.54, 1.807) is 30.6 Å². The number of ether oxygens (including phenoxy) is 3. The molecule has 0 radical (unpaired) electrons. The van der Waals surface area contributed by atoms with Crippen molar-refractivity contribution in [1.82, 2.24) is 9.97 Å². The Morgan fingerprint density at radius 2 is 1.70 bits per heavy atom. The number of nitrogens with zero attached hydrogens (tertiary/aromatic N) is 2. The van der Waals surface area contributed by atoms with Crippen molar-refractivity contribution in [3.05, 3.63) is 30.6 Å². The molecule has 23 heavy (non-hydrogen) atoms. The largest absolute Gasteiger partial charge is 0.493 e. The fourth-order valence-electron chi connectivity index (χ4n) is 1.84. The van der Waals surface area contributed by atoms with Crippen molar-refractivity contribution in [3.63, 3.8) is 0 Å². The van der Waals surface area contributed by atoms with Crippen molar-refractivity contribution < 1.29 is 19.0 Å². The van der Waals surface area contributed by atoms with E-state index >= 15 is 0 Å². The van der Waals surface area contributed by atoms with Gasteiger partial charge in [-0.1, -0.05) is 11.8 Å². The van der Waals surface area contributed by atoms with Crippen LogP contribution in [0.1, 0.15) is 0 Å². The number of methoxy groups -OCH3 is 3. The first-order valence-corrected chi connectivity index (χ1v) is 7.66. The van der Waals surface area contributed by atoms with E-state index in [1.807, 2.05) is 0 Å². The van der Waals surface area contributed by atoms with Gasteiger partial charge in [-0.2, -0.15) is 0 Å². The van der Waals surface area contributed by atoms with Gasteiger partial charge in [-0.15, -0.1) is 0 Å². The molecule has 0 spiro atoms. The lowest BCUT2D eigenvalue weighted by Crippen LogP contribution is -2.14. The Balaban J connectivity index is 2.05. The molecular formula is C15H17N3O4S. The molecule has 0 bridgehead atoms. The van der Waals surface area contributed by atoms with Crippen LogP contribution in [0.5, 0.6) is 17.2 Å². The zero-order chi connectivity index (χ0) is 16.7. The molecule has 2 rings (SSSR count). The summed E-state index contributed by atoms with van der Waals surface area (Å²) in [4.78, 5) is 20.1. The lowest BCUT2D eigenvalue weighted by Gasteiger charge is -2.14. The molecule has 1 heterocycles. The number of thioether (sulfide) groups is 1. The summed E-state index contributed by atoms with van der Waals surface area (Å²) >= 11 is 1.25. The first kappa shape index (κ1) is 16.9. The highest BCUT2D eigenvalue weighted by molar-refractivity contribution is 7.99. The molecule has 0 aliphatic rings. The van der Waals surface area contributed by atoms with Crippen LogP contribution < -0.4 is 19.5 Å². The third-order valence-corrected chi connectivity index (χ3v) is 3.70. The summed E-state index contributed by atoms with van der Waals surface area (Å²) in [5, 5.41) is 3.33. The van der Waals surface area contributed by atoms with Crippen LogP contribution in [-0.2, 0) is 4.79 Å². The highest BCUT2D eigenvalue weighted by atomic mass is 32.2. The Morgan fingerprint density at radius 1 is 1.09 bits per heavy atom. The number of amides is 1. The zero-order valence-corrected chi connectivity index (χ0v) is 13.8. The van der Waals surface area contributed by atoms with Crippen molar-refractivity contribution in [2.75, 3.05) is 32.4 Å². The molecule has 122 valence electrons. The predicted molar refractivity (Wildman–Crippen MR) is 87.5 cm³/mol. The lowest BCUT2D eigenvalue weighted by atomic mass is 10.2. The number of anilines is 1. The standard InChI is InChI=1S/C15H17N3O4S/c1-20-11-7-10(8-12(21-2)14(11)22-3)18-13(19)9-23-15-16-5-4-6-17-15/h4-8H,9H2,1-3H3,(H,18,19). The molecule has 0 aliphatic heterocycles. The van der Waals surface area contributed by atoms with E-state index in [0.29, 0.717) is 28.1 Å². The van der Waals surface area contributed by atoms with Gasteiger partial charge in [-0.25, -0.2) is 9.97 Å². The summed E-state index contributed by atoms with van der Waals surface area (Å²) in [7, 11) is 4.56. The Bertz CT molecular complexity index is 642. The Kier molecular flexibility index (Phi) is 6.04. The Labute approximate surface area is 138 Å². The second-order valence-corrected chi connectivity index (χ2v) is 5.22. The molecule has 0 atom stereocenters. The SMILES string of the molecule is COc1cc(NC(=O)CSc2ncccn2)cc(OC)c1OC. The van der Waals surface area contributed by atoms with Crippen LogP contribution in [0.4, 0.5) is 5.69 Å². The van der Waals surface area contributed by atoms with Gasteiger partial charge < -0.3 is 19.5 Å². The smallest absolute Gasteiger partial charge is 0.234 e. The Hall–Kier alpha value is -2.48. The molecule has 2 aromatic rings. The summed E-state index contributed by atoms with van der Waals surface area (Å²) < 4.78 is 15.7. The summed E-state index contributed by atoms with van der Waals surface area (Å²) in [5.41, 5.74) is 0.555. The molecule has 0 saturated carbocycles. The minimum absolute atomic E-state index is 0.184. The summed E-state index contributed by atoms with van der Waals surface area (Å²) in [6.45, 7) is 0. The van der Waals surface area contributed by atoms with Crippen LogP contribution in [0.3, 0.4) is 0 Å². The molecule has 1 amide bonds. The molecule has 1 aromatic carbocycles. The van der Waals surface area contributed by atoms with Crippen LogP contribution in [0.15, 0.2) is 35.7 Å². The highest BCUT2D eigenvalue weighted by Crippen LogP contribution is 2.39. The van der Waals surface area contributed by atoms with E-state index in [1.165, 1.54) is 33.1 Å². The van der Waals surface area contributed by atoms with Crippen LogP contribution >= 0.6 is 11.8 Å². The minimum atomic E-state index is -0.184. The minimum Gasteiger partial charge on any atom is -0.493 e. The first-order valence-electron chi connectivity index (χ1n) is 6.67. The average molecular weight is 335 g/mol. The van der Waals surface area contributed by atoms with Crippen molar-refractivity contribution in [3.8, 4) is 17.2 Å². The van der Waals surface area contributed by atoms with E-state index in [2.05, 4.69) is 15.3 Å². The lowest BCUT2D eigenvalue weighted by molar-refractivity contribution is -0.113. The van der Waals surface area contributed by atoms with Crippen LogP contribution in [0, 0.1) is 0 Å². The van der Waals surface area contributed by atoms with Gasteiger partial charge in [0.15, 0.2) is 16.7 Å². The van der Waals surface area contributed by atoms with Gasteiger partial charge >= 0.3 is 0 Å². The fourth-order valence-corrected chi connectivity index (χ4v) is 2.44. The second-order valence-electron chi connectivity index (χ2n) is 4.28. The normalized spacial score (nSPS) is 10.0. The van der Waals surface area contributed by atoms with Crippen molar-refractivity contribution in [2.24, 2.45) is 0 Å². The number of nitrogens with one attached hydrogen (secondary N) is 1. The number of aromatic nitrogens is 2. The van der Waals surface area contributed by atoms with Crippen LogP contribution in [0.25, 0.3) is 0 Å². The van der Waals surface area contributed by atoms with E-state index in [4.69, 9.17) is 14.2 Å². The zero-order valence-electron chi connectivity index (χ0n) is 13.0. The van der Waals surface area contributed by atoms with E-state index < -0.39 is 0 Å². The van der Waals surface area contributed by atoms with Crippen LogP contribution in [0.2, 0.25) is 0 Å². The summed E-state index contributed by atoms with van der Waals surface area (Å²) in [5.74, 6) is 1.43. The van der Waals surface area contributed by atoms with E-state index in [-0.39, 0.29) is 11.7 Å². The highest BCUT2D eigenvalue weighted by Gasteiger charge is 2.14. The van der Waals surface area contributed by atoms with Gasteiger partial charge in [0, 0.05) is 30.2 Å². The molecule has 0 unspecified atom stereocenters. The van der Waals surface area contributed by atoms with Crippen molar-refractivity contribution >= 4 is 23.4 Å². The predicted octanol–water partition coefficient (Wildman–Crippen LogP) is 2.23. The summed E-state index contributed by atoms with van der Waals surface area (Å²) in [6, 6.07) is 5.06. The van der Waals surface area contributed by atoms with Crippen LogP contribution in [-0.4, -0.2) is 43.0 Å². The van der Waals surface area contributed by atoms with E-state index in [0.717, 1.165) is 0 Å². The molecule has 1 aromatic heterocycles. The van der Waals surface area contributed by atoms with Gasteiger partial charge in [0.1, 0.15) is 0 Å². The maximum Gasteiger partial charge on any atom is 0.234 e. The molecule has 0 aliphatic carbocycles. The molecule has 0 saturated heterocycles. The number of benzene rings is 1. The number of carbonyl (C=O) groups excluding carboxylic acids is 1. The van der Waals surface area contributed by atoms with Gasteiger partial charge in [0.2, 0.25) is 11.7 Å². The molecular weight excluding hydrogens is 318 g/mol. The molecule has 1 N–H and O–H groups in total. The van der Waals surface area contributed by atoms with E-state index in [9.17, 15) is 4.79 Å². The number of hydrogen-bond acceptors (Lipinski definition) is 7. The van der Waals surface area contributed by atoms with Crippen molar-refractivity contribution in [1.29, 1.82) is 0 Å². The third-order valence-electron chi connectivity index (χ3n) is 2.82. The third kappa shape index (κ3) is 4.49. The van der Waals surface area contributed by atoms with Crippen molar-refractivity contribution in [2.45, 2.75) is 5.16 Å². The monoisotopic (exact) mass is 335 g/mol. The average Bonchev–Trinajstić information content (AvgIpc) is 2.59. The van der Waals surface area contributed by atoms with Gasteiger partial charge in [-0.05, 0) is 6.07 Å². The first-order chi connectivity index (χ1) is 11.2. The molecule has 8 heteroatoms.